The maximum atomic E-state index is 8.09. The largest absolute Gasteiger partial charge is 0.441 e. The van der Waals surface area contributed by atoms with Crippen molar-refractivity contribution in [1.29, 1.82) is 0 Å². The Morgan fingerprint density at radius 3 is 2.00 bits per heavy atom. The van der Waals surface area contributed by atoms with Crippen LogP contribution in [0.3, 0.4) is 0 Å². The molecule has 0 radical (unpaired) electrons. The fourth-order valence-electron chi connectivity index (χ4n) is 1.90. The van der Waals surface area contributed by atoms with E-state index in [9.17, 15) is 0 Å². The first kappa shape index (κ1) is 12.0. The van der Waals surface area contributed by atoms with Gasteiger partial charge in [-0.2, -0.15) is 0 Å². The van der Waals surface area contributed by atoms with Crippen LogP contribution >= 0.6 is 0 Å². The van der Waals surface area contributed by atoms with Gasteiger partial charge in [0.15, 0.2) is 5.60 Å². The number of rotatable bonds is 5. The molecular weight excluding hydrogens is 148 g/mol. The van der Waals surface area contributed by atoms with Gasteiger partial charge in [-0.3, -0.25) is 0 Å². The molecule has 0 saturated carbocycles. The Labute approximate surface area is 77.2 Å². The molecule has 0 aliphatic heterocycles. The third kappa shape index (κ3) is 5.59. The van der Waals surface area contributed by atoms with E-state index < -0.39 is 0 Å². The first-order chi connectivity index (χ1) is 5.37. The van der Waals surface area contributed by atoms with Crippen LogP contribution in [0, 0.1) is 11.8 Å². The average molecular weight is 173 g/mol. The van der Waals surface area contributed by atoms with E-state index in [1.807, 2.05) is 0 Å². The molecule has 0 bridgehead atoms. The Bertz CT molecular complexity index is 116. The highest BCUT2D eigenvalue weighted by Crippen LogP contribution is 2.25. The van der Waals surface area contributed by atoms with Crippen molar-refractivity contribution in [3.8, 4) is 0 Å². The van der Waals surface area contributed by atoms with Crippen LogP contribution in [0.2, 0.25) is 0 Å². The second-order valence-electron chi connectivity index (χ2n) is 4.88. The van der Waals surface area contributed by atoms with Gasteiger partial charge < -0.3 is 5.11 Å². The van der Waals surface area contributed by atoms with Crippen LogP contribution < -0.4 is 0 Å². The van der Waals surface area contributed by atoms with Gasteiger partial charge in [-0.15, -0.1) is 0 Å². The minimum atomic E-state index is -0.205. The first-order valence-corrected chi connectivity index (χ1v) is 5.12. The predicted octanol–water partition coefficient (Wildman–Crippen LogP) is 2.95. The molecule has 0 aliphatic carbocycles. The van der Waals surface area contributed by atoms with E-state index in [0.717, 1.165) is 12.8 Å². The van der Waals surface area contributed by atoms with Gasteiger partial charge in [0.2, 0.25) is 0 Å². The van der Waals surface area contributed by atoms with Gasteiger partial charge in [0.1, 0.15) is 0 Å². The molecule has 1 heteroatoms. The highest BCUT2D eigenvalue weighted by Gasteiger charge is 2.28. The maximum Gasteiger partial charge on any atom is 0.161 e. The van der Waals surface area contributed by atoms with Gasteiger partial charge in [-0.1, -0.05) is 34.1 Å². The van der Waals surface area contributed by atoms with E-state index in [1.54, 1.807) is 0 Å². The number of hydrogen-bond donors (Lipinski definition) is 0. The van der Waals surface area contributed by atoms with Gasteiger partial charge in [-0.05, 0) is 11.8 Å². The molecule has 0 aromatic heterocycles. The Morgan fingerprint density at radius 2 is 1.67 bits per heavy atom. The lowest BCUT2D eigenvalue weighted by atomic mass is 9.85. The van der Waals surface area contributed by atoms with Crippen LogP contribution in [0.5, 0.6) is 0 Å². The molecule has 1 nitrogen and oxygen atoms in total. The van der Waals surface area contributed by atoms with E-state index in [-0.39, 0.29) is 5.60 Å². The Morgan fingerprint density at radius 1 is 1.17 bits per heavy atom. The van der Waals surface area contributed by atoms with E-state index in [4.69, 9.17) is 5.11 Å². The summed E-state index contributed by atoms with van der Waals surface area (Å²) in [5.74, 6) is 1.35. The molecule has 2 N–H and O–H groups in total. The molecule has 0 heterocycles. The van der Waals surface area contributed by atoms with E-state index in [2.05, 4.69) is 34.6 Å². The molecule has 0 aromatic carbocycles. The third-order valence-corrected chi connectivity index (χ3v) is 2.35. The summed E-state index contributed by atoms with van der Waals surface area (Å²) < 4.78 is 0. The molecule has 0 aliphatic rings. The molecule has 0 fully saturated rings. The van der Waals surface area contributed by atoms with Crippen LogP contribution in [-0.2, 0) is 0 Å². The summed E-state index contributed by atoms with van der Waals surface area (Å²) in [6, 6.07) is 0. The molecule has 2 atom stereocenters. The maximum absolute atomic E-state index is 8.09. The zero-order valence-electron chi connectivity index (χ0n) is 9.28. The quantitative estimate of drug-likeness (QED) is 0.571. The Balaban J connectivity index is 3.85. The topological polar surface area (TPSA) is 22.9 Å². The minimum absolute atomic E-state index is 0.205. The monoisotopic (exact) mass is 173 g/mol. The van der Waals surface area contributed by atoms with Gasteiger partial charge in [0, 0.05) is 19.8 Å². The SMILES string of the molecule is CCC(C)CC(C)([OH2+])CC(C)C. The molecule has 12 heavy (non-hydrogen) atoms. The standard InChI is InChI=1S/C11H24O/c1-6-10(4)8-11(5,12)7-9(2)3/h9-10,12H,6-8H2,1-5H3/p+1. The van der Waals surface area contributed by atoms with Crippen LogP contribution in [0.25, 0.3) is 0 Å². The summed E-state index contributed by atoms with van der Waals surface area (Å²) in [6.45, 7) is 10.9. The van der Waals surface area contributed by atoms with Crippen molar-refractivity contribution in [3.63, 3.8) is 0 Å². The van der Waals surface area contributed by atoms with Crippen molar-refractivity contribution in [2.75, 3.05) is 0 Å². The molecule has 2 unspecified atom stereocenters. The van der Waals surface area contributed by atoms with Gasteiger partial charge >= 0.3 is 0 Å². The summed E-state index contributed by atoms with van der Waals surface area (Å²) in [6.07, 6.45) is 3.27. The Hall–Kier alpha value is -0.0400. The molecule has 0 rings (SSSR count). The summed E-state index contributed by atoms with van der Waals surface area (Å²) in [7, 11) is 0. The van der Waals surface area contributed by atoms with Crippen molar-refractivity contribution in [2.24, 2.45) is 11.8 Å². The number of hydrogen-bond acceptors (Lipinski definition) is 0. The van der Waals surface area contributed by atoms with Crippen molar-refractivity contribution >= 4 is 0 Å². The molecular formula is C11H25O+. The fourth-order valence-corrected chi connectivity index (χ4v) is 1.90. The predicted molar refractivity (Wildman–Crippen MR) is 55.5 cm³/mol. The average Bonchev–Trinajstić information content (AvgIpc) is 1.83. The van der Waals surface area contributed by atoms with Crippen LogP contribution in [0.1, 0.15) is 53.9 Å². The van der Waals surface area contributed by atoms with E-state index in [1.165, 1.54) is 6.42 Å². The zero-order valence-corrected chi connectivity index (χ0v) is 9.28. The van der Waals surface area contributed by atoms with Gasteiger partial charge in [0.05, 0.1) is 0 Å². The lowest BCUT2D eigenvalue weighted by Crippen LogP contribution is -2.28. The van der Waals surface area contributed by atoms with Crippen molar-refractivity contribution in [1.82, 2.24) is 0 Å². The fraction of sp³-hybridized carbons (Fsp3) is 1.00. The summed E-state index contributed by atoms with van der Waals surface area (Å²) in [5.41, 5.74) is -0.205. The van der Waals surface area contributed by atoms with Crippen molar-refractivity contribution < 1.29 is 5.11 Å². The van der Waals surface area contributed by atoms with Crippen LogP contribution in [0.4, 0.5) is 0 Å². The first-order valence-electron chi connectivity index (χ1n) is 5.12. The van der Waals surface area contributed by atoms with Crippen molar-refractivity contribution in [3.05, 3.63) is 0 Å². The second kappa shape index (κ2) is 4.86. The highest BCUT2D eigenvalue weighted by molar-refractivity contribution is 4.76. The van der Waals surface area contributed by atoms with Crippen molar-refractivity contribution in [2.45, 2.75) is 59.5 Å². The van der Waals surface area contributed by atoms with Gasteiger partial charge in [0.25, 0.3) is 0 Å². The van der Waals surface area contributed by atoms with Crippen LogP contribution in [0.15, 0.2) is 0 Å². The molecule has 0 amide bonds. The van der Waals surface area contributed by atoms with E-state index in [0.29, 0.717) is 11.8 Å². The summed E-state index contributed by atoms with van der Waals surface area (Å²) in [4.78, 5) is 0. The Kier molecular flexibility index (Phi) is 4.84. The lowest BCUT2D eigenvalue weighted by Gasteiger charge is -2.23. The van der Waals surface area contributed by atoms with E-state index >= 15 is 0 Å². The smallest absolute Gasteiger partial charge is 0.161 e. The molecule has 0 aromatic rings. The zero-order chi connectivity index (χ0) is 9.78. The summed E-state index contributed by atoms with van der Waals surface area (Å²) in [5, 5.41) is 8.09. The molecule has 0 saturated heterocycles. The minimum Gasteiger partial charge on any atom is -0.441 e. The normalized spacial score (nSPS) is 19.2. The molecule has 74 valence electrons. The second-order valence-corrected chi connectivity index (χ2v) is 4.88. The third-order valence-electron chi connectivity index (χ3n) is 2.35. The van der Waals surface area contributed by atoms with Gasteiger partial charge in [-0.25, -0.2) is 0 Å². The highest BCUT2D eigenvalue weighted by atomic mass is 16.3. The lowest BCUT2D eigenvalue weighted by molar-refractivity contribution is 0.0160. The summed E-state index contributed by atoms with van der Waals surface area (Å²) >= 11 is 0. The van der Waals surface area contributed by atoms with Crippen LogP contribution in [-0.4, -0.2) is 10.7 Å². The molecule has 0 spiro atoms.